The smallest absolute Gasteiger partial charge is 0.346 e. The third-order valence-corrected chi connectivity index (χ3v) is 5.10. The number of nitrogens with zero attached hydrogens (tertiary/aromatic N) is 4. The summed E-state index contributed by atoms with van der Waals surface area (Å²) < 4.78 is 39.8. The number of amides is 1. The van der Waals surface area contributed by atoms with Gasteiger partial charge in [0.2, 0.25) is 5.95 Å². The van der Waals surface area contributed by atoms with Gasteiger partial charge in [-0.2, -0.15) is 23.3 Å². The first-order valence-corrected chi connectivity index (χ1v) is 8.74. The highest BCUT2D eigenvalue weighted by molar-refractivity contribution is 5.95. The highest BCUT2D eigenvalue weighted by atomic mass is 19.4. The Balaban J connectivity index is 1.58. The Hall–Kier alpha value is -3.11. The lowest BCUT2D eigenvalue weighted by Gasteiger charge is -2.32. The SMILES string of the molecule is Cc1c(C(=O)N2CCC(C(F)(F)F)CC2)cnn1-c1nc2[nH]ccc2c(=O)[nH]1. The Morgan fingerprint density at radius 2 is 2.00 bits per heavy atom. The van der Waals surface area contributed by atoms with Gasteiger partial charge >= 0.3 is 6.18 Å². The Kier molecular flexibility index (Phi) is 4.24. The van der Waals surface area contributed by atoms with E-state index in [2.05, 4.69) is 20.1 Å². The zero-order chi connectivity index (χ0) is 20.1. The van der Waals surface area contributed by atoms with E-state index in [0.29, 0.717) is 16.7 Å². The lowest BCUT2D eigenvalue weighted by molar-refractivity contribution is -0.183. The molecule has 0 spiro atoms. The van der Waals surface area contributed by atoms with Crippen LogP contribution in [0.5, 0.6) is 0 Å². The lowest BCUT2D eigenvalue weighted by Crippen LogP contribution is -2.42. The number of hydrogen-bond acceptors (Lipinski definition) is 4. The number of halogens is 3. The van der Waals surface area contributed by atoms with Crippen LogP contribution in [0.3, 0.4) is 0 Å². The quantitative estimate of drug-likeness (QED) is 0.696. The van der Waals surface area contributed by atoms with Gasteiger partial charge in [0, 0.05) is 19.3 Å². The number of carbonyl (C=O) groups is 1. The van der Waals surface area contributed by atoms with Crippen molar-refractivity contribution in [2.24, 2.45) is 5.92 Å². The molecule has 0 radical (unpaired) electrons. The summed E-state index contributed by atoms with van der Waals surface area (Å²) >= 11 is 0. The number of alkyl halides is 3. The Morgan fingerprint density at radius 1 is 1.29 bits per heavy atom. The molecule has 148 valence electrons. The summed E-state index contributed by atoms with van der Waals surface area (Å²) in [6.07, 6.45) is -1.52. The van der Waals surface area contributed by atoms with Gasteiger partial charge in [-0.25, -0.2) is 4.68 Å². The Bertz CT molecular complexity index is 1090. The maximum atomic E-state index is 12.8. The number of likely N-dealkylation sites (tertiary alicyclic amines) is 1. The van der Waals surface area contributed by atoms with Crippen LogP contribution >= 0.6 is 0 Å². The largest absolute Gasteiger partial charge is 0.391 e. The molecule has 1 saturated heterocycles. The van der Waals surface area contributed by atoms with E-state index in [1.54, 1.807) is 19.2 Å². The van der Waals surface area contributed by atoms with Crippen molar-refractivity contribution >= 4 is 16.9 Å². The third kappa shape index (κ3) is 3.06. The molecule has 0 aliphatic carbocycles. The monoisotopic (exact) mass is 394 g/mol. The van der Waals surface area contributed by atoms with Gasteiger partial charge in [0.15, 0.2) is 0 Å². The molecule has 2 N–H and O–H groups in total. The molecule has 0 saturated carbocycles. The number of nitrogens with one attached hydrogen (secondary N) is 2. The molecular weight excluding hydrogens is 377 g/mol. The van der Waals surface area contributed by atoms with Gasteiger partial charge in [0.05, 0.1) is 28.8 Å². The molecule has 0 unspecified atom stereocenters. The van der Waals surface area contributed by atoms with Crippen LogP contribution in [0.25, 0.3) is 17.0 Å². The second kappa shape index (κ2) is 6.50. The van der Waals surface area contributed by atoms with E-state index >= 15 is 0 Å². The van der Waals surface area contributed by atoms with E-state index in [1.807, 2.05) is 0 Å². The minimum atomic E-state index is -4.23. The first-order chi connectivity index (χ1) is 13.3. The summed E-state index contributed by atoms with van der Waals surface area (Å²) in [6, 6.07) is 1.60. The van der Waals surface area contributed by atoms with Gasteiger partial charge in [-0.1, -0.05) is 0 Å². The molecule has 8 nitrogen and oxygen atoms in total. The van der Waals surface area contributed by atoms with Crippen LogP contribution in [0, 0.1) is 12.8 Å². The predicted molar refractivity (Wildman–Crippen MR) is 93.3 cm³/mol. The number of aromatic amines is 2. The molecule has 11 heteroatoms. The Morgan fingerprint density at radius 3 is 2.68 bits per heavy atom. The van der Waals surface area contributed by atoms with Crippen molar-refractivity contribution in [1.82, 2.24) is 29.6 Å². The Labute approximate surface area is 156 Å². The highest BCUT2D eigenvalue weighted by Crippen LogP contribution is 2.34. The summed E-state index contributed by atoms with van der Waals surface area (Å²) in [7, 11) is 0. The number of hydrogen-bond donors (Lipinski definition) is 2. The van der Waals surface area contributed by atoms with E-state index in [0.717, 1.165) is 0 Å². The molecule has 3 aromatic heterocycles. The molecule has 1 aliphatic rings. The van der Waals surface area contributed by atoms with Crippen LogP contribution in [0.1, 0.15) is 28.9 Å². The molecule has 28 heavy (non-hydrogen) atoms. The number of fused-ring (bicyclic) bond motifs is 1. The third-order valence-electron chi connectivity index (χ3n) is 5.10. The minimum absolute atomic E-state index is 0.0388. The van der Waals surface area contributed by atoms with Gasteiger partial charge in [-0.15, -0.1) is 0 Å². The topological polar surface area (TPSA) is 99.7 Å². The van der Waals surface area contributed by atoms with E-state index in [9.17, 15) is 22.8 Å². The standard InChI is InChI=1S/C17H17F3N6O2/c1-9-12(15(28)25-6-3-10(4-7-25)17(18,19)20)8-22-26(9)16-23-13-11(2-5-21-13)14(27)24-16/h2,5,8,10H,3-4,6-7H2,1H3,(H2,21,23,24,27). The molecule has 4 rings (SSSR count). The molecule has 1 amide bonds. The van der Waals surface area contributed by atoms with Gasteiger partial charge in [-0.05, 0) is 25.8 Å². The van der Waals surface area contributed by atoms with E-state index in [4.69, 9.17) is 0 Å². The molecule has 1 fully saturated rings. The summed E-state index contributed by atoms with van der Waals surface area (Å²) in [5.41, 5.74) is 0.741. The van der Waals surface area contributed by atoms with Crippen LogP contribution in [-0.2, 0) is 0 Å². The van der Waals surface area contributed by atoms with Crippen molar-refractivity contribution < 1.29 is 18.0 Å². The number of rotatable bonds is 2. The molecule has 0 bridgehead atoms. The predicted octanol–water partition coefficient (Wildman–Crippen LogP) is 2.16. The second-order valence-corrected chi connectivity index (χ2v) is 6.79. The highest BCUT2D eigenvalue weighted by Gasteiger charge is 2.42. The molecule has 0 atom stereocenters. The van der Waals surface area contributed by atoms with Crippen molar-refractivity contribution in [3.63, 3.8) is 0 Å². The van der Waals surface area contributed by atoms with Crippen molar-refractivity contribution in [2.45, 2.75) is 25.9 Å². The number of H-pyrrole nitrogens is 2. The number of piperidine rings is 1. The van der Waals surface area contributed by atoms with Crippen LogP contribution in [-0.4, -0.2) is 54.8 Å². The fraction of sp³-hybridized carbons (Fsp3) is 0.412. The number of aromatic nitrogens is 5. The van der Waals surface area contributed by atoms with Gasteiger partial charge < -0.3 is 9.88 Å². The van der Waals surface area contributed by atoms with Crippen LogP contribution < -0.4 is 5.56 Å². The van der Waals surface area contributed by atoms with Crippen LogP contribution in [0.2, 0.25) is 0 Å². The first-order valence-electron chi connectivity index (χ1n) is 8.74. The van der Waals surface area contributed by atoms with Crippen molar-refractivity contribution in [1.29, 1.82) is 0 Å². The average Bonchev–Trinajstić information content (AvgIpc) is 3.27. The first kappa shape index (κ1) is 18.3. The van der Waals surface area contributed by atoms with Crippen LogP contribution in [0.15, 0.2) is 23.3 Å². The summed E-state index contributed by atoms with van der Waals surface area (Å²) in [5, 5.41) is 4.53. The summed E-state index contributed by atoms with van der Waals surface area (Å²) in [4.78, 5) is 36.0. The van der Waals surface area contributed by atoms with Crippen LogP contribution in [0.4, 0.5) is 13.2 Å². The molecule has 0 aromatic carbocycles. The van der Waals surface area contributed by atoms with Gasteiger partial charge in [0.1, 0.15) is 5.65 Å². The van der Waals surface area contributed by atoms with E-state index in [-0.39, 0.29) is 48.9 Å². The van der Waals surface area contributed by atoms with E-state index in [1.165, 1.54) is 15.8 Å². The minimum Gasteiger partial charge on any atom is -0.346 e. The summed E-state index contributed by atoms with van der Waals surface area (Å²) in [6.45, 7) is 1.72. The van der Waals surface area contributed by atoms with Gasteiger partial charge in [-0.3, -0.25) is 14.6 Å². The number of carbonyl (C=O) groups excluding carboxylic acids is 1. The molecule has 3 aromatic rings. The van der Waals surface area contributed by atoms with Crippen molar-refractivity contribution in [3.05, 3.63) is 40.1 Å². The maximum absolute atomic E-state index is 12.8. The lowest BCUT2D eigenvalue weighted by atomic mass is 9.96. The maximum Gasteiger partial charge on any atom is 0.391 e. The molecule has 4 heterocycles. The van der Waals surface area contributed by atoms with Gasteiger partial charge in [0.25, 0.3) is 11.5 Å². The second-order valence-electron chi connectivity index (χ2n) is 6.79. The fourth-order valence-corrected chi connectivity index (χ4v) is 3.45. The van der Waals surface area contributed by atoms with E-state index < -0.39 is 12.1 Å². The van der Waals surface area contributed by atoms with Crippen molar-refractivity contribution in [3.8, 4) is 5.95 Å². The normalized spacial score (nSPS) is 16.1. The zero-order valence-corrected chi connectivity index (χ0v) is 14.9. The zero-order valence-electron chi connectivity index (χ0n) is 14.9. The average molecular weight is 394 g/mol. The summed E-state index contributed by atoms with van der Waals surface area (Å²) in [5.74, 6) is -1.61. The van der Waals surface area contributed by atoms with Crippen molar-refractivity contribution in [2.75, 3.05) is 13.1 Å². The molecule has 1 aliphatic heterocycles. The fourth-order valence-electron chi connectivity index (χ4n) is 3.45. The molecular formula is C17H17F3N6O2.